The molecule has 1 heterocycles. The smallest absolute Gasteiger partial charge is 0.251 e. The first-order valence-electron chi connectivity index (χ1n) is 10.8. The maximum Gasteiger partial charge on any atom is 0.251 e. The minimum absolute atomic E-state index is 0.210. The van der Waals surface area contributed by atoms with E-state index < -0.39 is 0 Å². The molecule has 1 amide bonds. The predicted molar refractivity (Wildman–Crippen MR) is 132 cm³/mol. The van der Waals surface area contributed by atoms with Gasteiger partial charge in [0.15, 0.2) is 0 Å². The second-order valence-electron chi connectivity index (χ2n) is 8.09. The van der Waals surface area contributed by atoms with E-state index in [9.17, 15) is 9.18 Å². The van der Waals surface area contributed by atoms with Gasteiger partial charge in [-0.3, -0.25) is 4.79 Å². The fourth-order valence-electron chi connectivity index (χ4n) is 3.97. The molecule has 33 heavy (non-hydrogen) atoms. The Labute approximate surface area is 198 Å². The first-order valence-corrected chi connectivity index (χ1v) is 11.2. The summed E-state index contributed by atoms with van der Waals surface area (Å²) in [6.07, 6.45) is 0. The lowest BCUT2D eigenvalue weighted by Gasteiger charge is -2.25. The second-order valence-corrected chi connectivity index (χ2v) is 8.53. The largest absolute Gasteiger partial charge is 0.401 e. The maximum absolute atomic E-state index is 13.2. The van der Waals surface area contributed by atoms with E-state index in [1.54, 1.807) is 18.2 Å². The number of nitrogens with two attached hydrogens (primary N) is 1. The normalized spacial score (nSPS) is 15.7. The number of fused-ring (bicyclic) bond motifs is 1. The van der Waals surface area contributed by atoms with Gasteiger partial charge in [-0.25, -0.2) is 4.39 Å². The van der Waals surface area contributed by atoms with Crippen LogP contribution >= 0.6 is 11.6 Å². The van der Waals surface area contributed by atoms with Crippen LogP contribution in [0.5, 0.6) is 0 Å². The van der Waals surface area contributed by atoms with E-state index in [0.717, 1.165) is 28.2 Å². The van der Waals surface area contributed by atoms with Crippen LogP contribution in [0, 0.1) is 5.82 Å². The van der Waals surface area contributed by atoms with Crippen LogP contribution in [0.15, 0.2) is 72.4 Å². The third-order valence-corrected chi connectivity index (χ3v) is 5.96. The van der Waals surface area contributed by atoms with Gasteiger partial charge in [0.25, 0.3) is 5.91 Å². The van der Waals surface area contributed by atoms with Gasteiger partial charge in [0.05, 0.1) is 17.4 Å². The van der Waals surface area contributed by atoms with Crippen LogP contribution in [0.1, 0.15) is 41.4 Å². The molecule has 170 valence electrons. The Balaban J connectivity index is 1.70. The van der Waals surface area contributed by atoms with Crippen molar-refractivity contribution in [3.05, 3.63) is 100.0 Å². The number of hydrogen-bond donors (Lipinski definition) is 3. The minimum Gasteiger partial charge on any atom is -0.401 e. The van der Waals surface area contributed by atoms with Crippen LogP contribution in [-0.2, 0) is 0 Å². The summed E-state index contributed by atoms with van der Waals surface area (Å²) in [6.45, 7) is 5.10. The fourth-order valence-corrected chi connectivity index (χ4v) is 4.10. The number of amides is 1. The standard InChI is InChI=1S/C26H26ClFN4O/c1-16(29)25-23-12-5-19(26(33)31-17(2)18-3-8-21(28)9-4-18)15-24(23)32(14-13-30-25)22-10-6-20(27)7-11-22/h3-12,15,17,30H,13-14,29H2,1-2H3,(H,31,33)/b25-16-. The second kappa shape index (κ2) is 9.55. The molecule has 0 bridgehead atoms. The van der Waals surface area contributed by atoms with Crippen LogP contribution in [0.25, 0.3) is 5.70 Å². The van der Waals surface area contributed by atoms with Crippen molar-refractivity contribution in [3.8, 4) is 0 Å². The topological polar surface area (TPSA) is 70.4 Å². The molecule has 7 heteroatoms. The van der Waals surface area contributed by atoms with E-state index in [1.807, 2.05) is 50.2 Å². The van der Waals surface area contributed by atoms with Crippen molar-refractivity contribution in [1.29, 1.82) is 0 Å². The fraction of sp³-hybridized carbons (Fsp3) is 0.192. The molecule has 3 aromatic carbocycles. The summed E-state index contributed by atoms with van der Waals surface area (Å²) in [4.78, 5) is 15.2. The lowest BCUT2D eigenvalue weighted by atomic mass is 10.0. The molecule has 0 aliphatic carbocycles. The molecule has 1 aliphatic rings. The third kappa shape index (κ3) is 4.96. The molecule has 0 saturated carbocycles. The van der Waals surface area contributed by atoms with Crippen molar-refractivity contribution in [2.24, 2.45) is 5.73 Å². The van der Waals surface area contributed by atoms with Gasteiger partial charge in [-0.15, -0.1) is 0 Å². The summed E-state index contributed by atoms with van der Waals surface area (Å²) < 4.78 is 13.2. The molecule has 0 spiro atoms. The van der Waals surface area contributed by atoms with Gasteiger partial charge in [-0.05, 0) is 74.0 Å². The summed E-state index contributed by atoms with van der Waals surface area (Å²) in [5.41, 5.74) is 11.8. The number of rotatable bonds is 4. The Hall–Kier alpha value is -3.51. The van der Waals surface area contributed by atoms with Crippen molar-refractivity contribution >= 4 is 34.6 Å². The number of hydrogen-bond acceptors (Lipinski definition) is 4. The summed E-state index contributed by atoms with van der Waals surface area (Å²) >= 11 is 6.09. The molecule has 1 aliphatic heterocycles. The summed E-state index contributed by atoms with van der Waals surface area (Å²) in [6, 6.07) is 19.1. The van der Waals surface area contributed by atoms with Crippen molar-refractivity contribution in [2.75, 3.05) is 18.0 Å². The number of carbonyl (C=O) groups excluding carboxylic acids is 1. The van der Waals surface area contributed by atoms with Gasteiger partial charge >= 0.3 is 0 Å². The number of allylic oxidation sites excluding steroid dienone is 1. The van der Waals surface area contributed by atoms with Crippen molar-refractivity contribution in [1.82, 2.24) is 10.6 Å². The highest BCUT2D eigenvalue weighted by Gasteiger charge is 2.23. The van der Waals surface area contributed by atoms with E-state index in [1.165, 1.54) is 12.1 Å². The average molecular weight is 465 g/mol. The molecule has 4 rings (SSSR count). The summed E-state index contributed by atoms with van der Waals surface area (Å²) in [7, 11) is 0. The Kier molecular flexibility index (Phi) is 6.56. The monoisotopic (exact) mass is 464 g/mol. The lowest BCUT2D eigenvalue weighted by Crippen LogP contribution is -2.27. The molecule has 3 aromatic rings. The molecule has 0 fully saturated rings. The zero-order valence-corrected chi connectivity index (χ0v) is 19.3. The minimum atomic E-state index is -0.307. The van der Waals surface area contributed by atoms with E-state index in [4.69, 9.17) is 17.3 Å². The first-order chi connectivity index (χ1) is 15.8. The van der Waals surface area contributed by atoms with Crippen molar-refractivity contribution in [2.45, 2.75) is 19.9 Å². The lowest BCUT2D eigenvalue weighted by molar-refractivity contribution is 0.0940. The average Bonchev–Trinajstić information content (AvgIpc) is 2.99. The number of anilines is 2. The van der Waals surface area contributed by atoms with E-state index >= 15 is 0 Å². The van der Waals surface area contributed by atoms with Crippen LogP contribution in [0.3, 0.4) is 0 Å². The highest BCUT2D eigenvalue weighted by atomic mass is 35.5. The molecule has 0 aromatic heterocycles. The van der Waals surface area contributed by atoms with Crippen LogP contribution in [-0.4, -0.2) is 19.0 Å². The third-order valence-electron chi connectivity index (χ3n) is 5.71. The molecular formula is C26H26ClFN4O. The number of benzene rings is 3. The molecule has 1 unspecified atom stereocenters. The molecule has 5 nitrogen and oxygen atoms in total. The molecule has 1 atom stereocenters. The van der Waals surface area contributed by atoms with E-state index in [2.05, 4.69) is 15.5 Å². The van der Waals surface area contributed by atoms with Crippen LogP contribution in [0.2, 0.25) is 5.02 Å². The van der Waals surface area contributed by atoms with Gasteiger partial charge in [0.2, 0.25) is 0 Å². The Morgan fingerprint density at radius 1 is 1.12 bits per heavy atom. The predicted octanol–water partition coefficient (Wildman–Crippen LogP) is 5.36. The van der Waals surface area contributed by atoms with Gasteiger partial charge < -0.3 is 21.3 Å². The molecule has 4 N–H and O–H groups in total. The highest BCUT2D eigenvalue weighted by Crippen LogP contribution is 2.35. The number of carbonyl (C=O) groups is 1. The quantitative estimate of drug-likeness (QED) is 0.486. The van der Waals surface area contributed by atoms with E-state index in [-0.39, 0.29) is 17.8 Å². The van der Waals surface area contributed by atoms with Gasteiger partial charge in [-0.1, -0.05) is 23.7 Å². The highest BCUT2D eigenvalue weighted by molar-refractivity contribution is 6.30. The summed E-state index contributed by atoms with van der Waals surface area (Å²) in [5, 5.41) is 7.07. The molecule has 0 radical (unpaired) electrons. The van der Waals surface area contributed by atoms with E-state index in [0.29, 0.717) is 29.4 Å². The van der Waals surface area contributed by atoms with Crippen molar-refractivity contribution < 1.29 is 9.18 Å². The number of nitrogens with zero attached hydrogens (tertiary/aromatic N) is 1. The number of nitrogens with one attached hydrogen (secondary N) is 2. The molecular weight excluding hydrogens is 439 g/mol. The Morgan fingerprint density at radius 3 is 2.48 bits per heavy atom. The van der Waals surface area contributed by atoms with Crippen LogP contribution in [0.4, 0.5) is 15.8 Å². The summed E-state index contributed by atoms with van der Waals surface area (Å²) in [5.74, 6) is -0.518. The first kappa shape index (κ1) is 22.7. The zero-order valence-electron chi connectivity index (χ0n) is 18.5. The van der Waals surface area contributed by atoms with Gasteiger partial charge in [-0.2, -0.15) is 0 Å². The number of halogens is 2. The maximum atomic E-state index is 13.2. The van der Waals surface area contributed by atoms with Crippen LogP contribution < -0.4 is 21.3 Å². The zero-order chi connectivity index (χ0) is 23.5. The van der Waals surface area contributed by atoms with Gasteiger partial charge in [0.1, 0.15) is 5.82 Å². The SMILES string of the molecule is C/C(N)=C1/NCCN(c2ccc(Cl)cc2)c2cc(C(=O)NC(C)c3ccc(F)cc3)ccc21. The Bertz CT molecular complexity index is 1190. The molecule has 0 saturated heterocycles. The van der Waals surface area contributed by atoms with Gasteiger partial charge in [0, 0.05) is 40.6 Å². The Morgan fingerprint density at radius 2 is 1.82 bits per heavy atom. The van der Waals surface area contributed by atoms with Crippen molar-refractivity contribution in [3.63, 3.8) is 0 Å².